The van der Waals surface area contributed by atoms with Crippen LogP contribution in [-0.4, -0.2) is 11.1 Å². The third-order valence-corrected chi connectivity index (χ3v) is 3.57. The SMILES string of the molecule is CC1CCCCC1Oc1nc(C(F)(F)F)ccc1C#N. The number of hydrogen-bond acceptors (Lipinski definition) is 3. The molecule has 2 atom stereocenters. The monoisotopic (exact) mass is 284 g/mol. The fourth-order valence-electron chi connectivity index (χ4n) is 2.37. The van der Waals surface area contributed by atoms with Crippen molar-refractivity contribution >= 4 is 0 Å². The molecule has 2 rings (SSSR count). The molecule has 0 amide bonds. The lowest BCUT2D eigenvalue weighted by atomic mass is 9.88. The van der Waals surface area contributed by atoms with E-state index < -0.39 is 11.9 Å². The van der Waals surface area contributed by atoms with E-state index in [0.29, 0.717) is 0 Å². The van der Waals surface area contributed by atoms with Crippen LogP contribution >= 0.6 is 0 Å². The zero-order valence-corrected chi connectivity index (χ0v) is 11.1. The molecule has 108 valence electrons. The van der Waals surface area contributed by atoms with Crippen molar-refractivity contribution in [3.63, 3.8) is 0 Å². The predicted molar refractivity (Wildman–Crippen MR) is 66.0 cm³/mol. The van der Waals surface area contributed by atoms with Gasteiger partial charge in [0.25, 0.3) is 0 Å². The first-order chi connectivity index (χ1) is 9.41. The highest BCUT2D eigenvalue weighted by Gasteiger charge is 2.34. The summed E-state index contributed by atoms with van der Waals surface area (Å²) in [7, 11) is 0. The van der Waals surface area contributed by atoms with Gasteiger partial charge in [0, 0.05) is 0 Å². The van der Waals surface area contributed by atoms with Crippen molar-refractivity contribution in [3.05, 3.63) is 23.4 Å². The van der Waals surface area contributed by atoms with E-state index in [-0.39, 0.29) is 23.5 Å². The maximum atomic E-state index is 12.7. The van der Waals surface area contributed by atoms with E-state index in [9.17, 15) is 13.2 Å². The molecule has 1 heterocycles. The molecule has 1 saturated carbocycles. The first-order valence-electron chi connectivity index (χ1n) is 6.57. The maximum Gasteiger partial charge on any atom is 0.433 e. The molecule has 1 aromatic heterocycles. The van der Waals surface area contributed by atoms with Gasteiger partial charge in [-0.2, -0.15) is 18.4 Å². The quantitative estimate of drug-likeness (QED) is 0.826. The second-order valence-electron chi connectivity index (χ2n) is 5.08. The van der Waals surface area contributed by atoms with E-state index in [1.54, 1.807) is 0 Å². The van der Waals surface area contributed by atoms with Gasteiger partial charge in [0.15, 0.2) is 0 Å². The zero-order valence-electron chi connectivity index (χ0n) is 11.1. The lowest BCUT2D eigenvalue weighted by molar-refractivity contribution is -0.141. The van der Waals surface area contributed by atoms with Crippen LogP contribution < -0.4 is 4.74 Å². The average Bonchev–Trinajstić information content (AvgIpc) is 2.40. The fourth-order valence-corrected chi connectivity index (χ4v) is 2.37. The number of pyridine rings is 1. The largest absolute Gasteiger partial charge is 0.473 e. The summed E-state index contributed by atoms with van der Waals surface area (Å²) in [6.07, 6.45) is -0.871. The van der Waals surface area contributed by atoms with Crippen molar-refractivity contribution in [1.82, 2.24) is 4.98 Å². The number of ether oxygens (including phenoxy) is 1. The Morgan fingerprint density at radius 1 is 1.30 bits per heavy atom. The summed E-state index contributed by atoms with van der Waals surface area (Å²) in [6, 6.07) is 3.73. The highest BCUT2D eigenvalue weighted by molar-refractivity contribution is 5.39. The van der Waals surface area contributed by atoms with Gasteiger partial charge in [-0.3, -0.25) is 0 Å². The van der Waals surface area contributed by atoms with Crippen LogP contribution in [0.3, 0.4) is 0 Å². The van der Waals surface area contributed by atoms with Gasteiger partial charge in [-0.25, -0.2) is 4.98 Å². The van der Waals surface area contributed by atoms with E-state index in [0.717, 1.165) is 37.8 Å². The topological polar surface area (TPSA) is 45.9 Å². The van der Waals surface area contributed by atoms with Crippen LogP contribution in [0.2, 0.25) is 0 Å². The molecular weight excluding hydrogens is 269 g/mol. The van der Waals surface area contributed by atoms with Gasteiger partial charge in [-0.1, -0.05) is 13.3 Å². The van der Waals surface area contributed by atoms with E-state index in [1.807, 2.05) is 13.0 Å². The number of rotatable bonds is 2. The summed E-state index contributed by atoms with van der Waals surface area (Å²) in [6.45, 7) is 2.00. The zero-order chi connectivity index (χ0) is 14.8. The van der Waals surface area contributed by atoms with Crippen LogP contribution in [0.5, 0.6) is 5.88 Å². The third kappa shape index (κ3) is 3.21. The molecule has 1 aliphatic carbocycles. The molecule has 0 saturated heterocycles. The van der Waals surface area contributed by atoms with Crippen molar-refractivity contribution in [2.24, 2.45) is 5.92 Å². The van der Waals surface area contributed by atoms with Gasteiger partial charge in [0.05, 0.1) is 0 Å². The molecule has 0 spiro atoms. The lowest BCUT2D eigenvalue weighted by Gasteiger charge is -2.29. The maximum absolute atomic E-state index is 12.7. The lowest BCUT2D eigenvalue weighted by Crippen LogP contribution is -2.29. The minimum atomic E-state index is -4.54. The minimum absolute atomic E-state index is 0.0378. The van der Waals surface area contributed by atoms with Crippen LogP contribution in [0.1, 0.15) is 43.9 Å². The smallest absolute Gasteiger partial charge is 0.433 e. The second kappa shape index (κ2) is 5.70. The Morgan fingerprint density at radius 3 is 2.60 bits per heavy atom. The van der Waals surface area contributed by atoms with Crippen molar-refractivity contribution in [1.29, 1.82) is 5.26 Å². The van der Waals surface area contributed by atoms with Crippen LogP contribution in [0.4, 0.5) is 13.2 Å². The number of nitrogens with zero attached hydrogens (tertiary/aromatic N) is 2. The van der Waals surface area contributed by atoms with Gasteiger partial charge in [-0.15, -0.1) is 0 Å². The van der Waals surface area contributed by atoms with Gasteiger partial charge in [0.2, 0.25) is 5.88 Å². The summed E-state index contributed by atoms with van der Waals surface area (Å²) >= 11 is 0. The second-order valence-corrected chi connectivity index (χ2v) is 5.08. The van der Waals surface area contributed by atoms with Crippen LogP contribution in [0, 0.1) is 17.2 Å². The van der Waals surface area contributed by atoms with E-state index in [4.69, 9.17) is 10.00 Å². The molecule has 1 fully saturated rings. The van der Waals surface area contributed by atoms with E-state index in [2.05, 4.69) is 4.98 Å². The molecule has 20 heavy (non-hydrogen) atoms. The van der Waals surface area contributed by atoms with Crippen LogP contribution in [0.15, 0.2) is 12.1 Å². The molecule has 3 nitrogen and oxygen atoms in total. The Balaban J connectivity index is 2.27. The molecule has 0 radical (unpaired) electrons. The minimum Gasteiger partial charge on any atom is -0.473 e. The molecule has 0 N–H and O–H groups in total. The normalized spacial score (nSPS) is 23.1. The van der Waals surface area contributed by atoms with Gasteiger partial charge in [-0.05, 0) is 37.3 Å². The Kier molecular flexibility index (Phi) is 4.17. The average molecular weight is 284 g/mol. The number of halogens is 3. The summed E-state index contributed by atoms with van der Waals surface area (Å²) < 4.78 is 43.6. The Morgan fingerprint density at radius 2 is 2.00 bits per heavy atom. The Bertz CT molecular complexity index is 522. The van der Waals surface area contributed by atoms with Gasteiger partial charge < -0.3 is 4.74 Å². The number of aromatic nitrogens is 1. The van der Waals surface area contributed by atoms with Crippen molar-refractivity contribution in [2.45, 2.75) is 44.9 Å². The van der Waals surface area contributed by atoms with Crippen molar-refractivity contribution in [3.8, 4) is 11.9 Å². The summed E-state index contributed by atoms with van der Waals surface area (Å²) in [5, 5.41) is 8.96. The van der Waals surface area contributed by atoms with Crippen LogP contribution in [0.25, 0.3) is 0 Å². The molecule has 1 aliphatic rings. The number of nitriles is 1. The molecule has 0 aromatic carbocycles. The molecule has 2 unspecified atom stereocenters. The number of alkyl halides is 3. The third-order valence-electron chi connectivity index (χ3n) is 3.57. The predicted octanol–water partition coefficient (Wildman–Crippen LogP) is 3.93. The molecule has 0 aliphatic heterocycles. The van der Waals surface area contributed by atoms with E-state index >= 15 is 0 Å². The molecule has 1 aromatic rings. The standard InChI is InChI=1S/C14H15F3N2O/c1-9-4-2-3-5-11(9)20-13-10(8-18)6-7-12(19-13)14(15,16)17/h6-7,9,11H,2-5H2,1H3. The van der Waals surface area contributed by atoms with Crippen molar-refractivity contribution < 1.29 is 17.9 Å². The van der Waals surface area contributed by atoms with E-state index in [1.165, 1.54) is 0 Å². The highest BCUT2D eigenvalue weighted by Crippen LogP contribution is 2.32. The van der Waals surface area contributed by atoms with Crippen molar-refractivity contribution in [2.75, 3.05) is 0 Å². The molecular formula is C14H15F3N2O. The van der Waals surface area contributed by atoms with Crippen LogP contribution in [-0.2, 0) is 6.18 Å². The molecule has 6 heteroatoms. The fraction of sp³-hybridized carbons (Fsp3) is 0.571. The number of hydrogen-bond donors (Lipinski definition) is 0. The van der Waals surface area contributed by atoms with Gasteiger partial charge >= 0.3 is 6.18 Å². The molecule has 0 bridgehead atoms. The summed E-state index contributed by atoms with van der Waals surface area (Å²) in [4.78, 5) is 3.47. The van der Waals surface area contributed by atoms with Gasteiger partial charge in [0.1, 0.15) is 23.4 Å². The first kappa shape index (κ1) is 14.6. The summed E-state index contributed by atoms with van der Waals surface area (Å²) in [5.41, 5.74) is -0.995. The Hall–Kier alpha value is -1.77. The first-order valence-corrected chi connectivity index (χ1v) is 6.57. The highest BCUT2D eigenvalue weighted by atomic mass is 19.4. The Labute approximate surface area is 115 Å². The summed E-state index contributed by atoms with van der Waals surface area (Å²) in [5.74, 6) is 0.0488.